The van der Waals surface area contributed by atoms with Crippen molar-refractivity contribution in [2.75, 3.05) is 23.7 Å². The van der Waals surface area contributed by atoms with Crippen LogP contribution in [0.15, 0.2) is 37.2 Å². The summed E-state index contributed by atoms with van der Waals surface area (Å²) >= 11 is 0. The Morgan fingerprint density at radius 2 is 1.85 bits per heavy atom. The second-order valence-electron chi connectivity index (χ2n) is 4.82. The van der Waals surface area contributed by atoms with Crippen molar-refractivity contribution in [1.82, 2.24) is 14.5 Å². The SMILES string of the molecule is CCCNc1cncc(NCCCCn2ccnc2)c1. The van der Waals surface area contributed by atoms with Crippen LogP contribution < -0.4 is 10.6 Å². The molecule has 0 unspecified atom stereocenters. The van der Waals surface area contributed by atoms with Gasteiger partial charge in [0.05, 0.1) is 30.1 Å². The number of pyridine rings is 1. The van der Waals surface area contributed by atoms with Gasteiger partial charge in [-0.15, -0.1) is 0 Å². The molecule has 2 aromatic rings. The standard InChI is InChI=1S/C15H23N5/c1-2-5-18-14-10-15(12-17-11-14)19-6-3-4-8-20-9-7-16-13-20/h7,9-13,18-19H,2-6,8H2,1H3. The third-order valence-electron chi connectivity index (χ3n) is 3.05. The molecular formula is C15H23N5. The maximum atomic E-state index is 4.24. The average molecular weight is 273 g/mol. The Labute approximate surface area is 120 Å². The van der Waals surface area contributed by atoms with E-state index in [0.29, 0.717) is 0 Å². The minimum Gasteiger partial charge on any atom is -0.384 e. The number of aromatic nitrogens is 3. The molecule has 5 nitrogen and oxygen atoms in total. The normalized spacial score (nSPS) is 10.4. The van der Waals surface area contributed by atoms with E-state index >= 15 is 0 Å². The van der Waals surface area contributed by atoms with Crippen molar-refractivity contribution in [2.24, 2.45) is 0 Å². The topological polar surface area (TPSA) is 54.8 Å². The van der Waals surface area contributed by atoms with Crippen LogP contribution in [0.25, 0.3) is 0 Å². The highest BCUT2D eigenvalue weighted by atomic mass is 15.0. The number of aryl methyl sites for hydroxylation is 1. The van der Waals surface area contributed by atoms with Gasteiger partial charge in [0.2, 0.25) is 0 Å². The summed E-state index contributed by atoms with van der Waals surface area (Å²) in [6.07, 6.45) is 12.8. The van der Waals surface area contributed by atoms with E-state index in [2.05, 4.69) is 38.2 Å². The predicted molar refractivity (Wildman–Crippen MR) is 83.0 cm³/mol. The molecule has 0 aliphatic heterocycles. The van der Waals surface area contributed by atoms with Gasteiger partial charge in [-0.3, -0.25) is 4.98 Å². The van der Waals surface area contributed by atoms with Gasteiger partial charge in [0.15, 0.2) is 0 Å². The van der Waals surface area contributed by atoms with Gasteiger partial charge in [0.25, 0.3) is 0 Å². The minimum atomic E-state index is 0.966. The average Bonchev–Trinajstić information content (AvgIpc) is 2.98. The maximum absolute atomic E-state index is 4.24. The number of hydrogen-bond donors (Lipinski definition) is 2. The highest BCUT2D eigenvalue weighted by molar-refractivity contribution is 5.53. The molecule has 0 radical (unpaired) electrons. The summed E-state index contributed by atoms with van der Waals surface area (Å²) in [4.78, 5) is 8.27. The highest BCUT2D eigenvalue weighted by Crippen LogP contribution is 2.13. The second-order valence-corrected chi connectivity index (χ2v) is 4.82. The monoisotopic (exact) mass is 273 g/mol. The lowest BCUT2D eigenvalue weighted by Crippen LogP contribution is -2.05. The summed E-state index contributed by atoms with van der Waals surface area (Å²) in [5.41, 5.74) is 2.16. The summed E-state index contributed by atoms with van der Waals surface area (Å²) in [6.45, 7) is 5.13. The Morgan fingerprint density at radius 1 is 1.05 bits per heavy atom. The van der Waals surface area contributed by atoms with Crippen LogP contribution in [0.1, 0.15) is 26.2 Å². The zero-order valence-electron chi connectivity index (χ0n) is 12.0. The van der Waals surface area contributed by atoms with Crippen LogP contribution >= 0.6 is 0 Å². The number of unbranched alkanes of at least 4 members (excludes halogenated alkanes) is 1. The third kappa shape index (κ3) is 4.91. The molecule has 108 valence electrons. The van der Waals surface area contributed by atoms with E-state index in [1.54, 1.807) is 0 Å². The number of imidazole rings is 1. The van der Waals surface area contributed by atoms with Gasteiger partial charge in [-0.05, 0) is 25.3 Å². The van der Waals surface area contributed by atoms with Crippen molar-refractivity contribution >= 4 is 11.4 Å². The molecule has 0 aliphatic rings. The molecule has 0 saturated carbocycles. The molecule has 2 heterocycles. The van der Waals surface area contributed by atoms with Gasteiger partial charge >= 0.3 is 0 Å². The van der Waals surface area contributed by atoms with Crippen molar-refractivity contribution in [3.63, 3.8) is 0 Å². The summed E-state index contributed by atoms with van der Waals surface area (Å²) in [7, 11) is 0. The summed E-state index contributed by atoms with van der Waals surface area (Å²) in [5, 5.41) is 6.76. The van der Waals surface area contributed by atoms with Gasteiger partial charge < -0.3 is 15.2 Å². The molecule has 0 saturated heterocycles. The molecule has 2 N–H and O–H groups in total. The van der Waals surface area contributed by atoms with E-state index in [9.17, 15) is 0 Å². The van der Waals surface area contributed by atoms with Crippen LogP contribution in [-0.4, -0.2) is 27.6 Å². The van der Waals surface area contributed by atoms with Gasteiger partial charge in [-0.1, -0.05) is 6.92 Å². The van der Waals surface area contributed by atoms with Crippen molar-refractivity contribution in [2.45, 2.75) is 32.7 Å². The largest absolute Gasteiger partial charge is 0.384 e. The molecule has 0 atom stereocenters. The number of rotatable bonds is 9. The first-order valence-electron chi connectivity index (χ1n) is 7.27. The van der Waals surface area contributed by atoms with E-state index in [0.717, 1.165) is 50.3 Å². The lowest BCUT2D eigenvalue weighted by atomic mass is 10.3. The molecule has 20 heavy (non-hydrogen) atoms. The first kappa shape index (κ1) is 14.4. The number of anilines is 2. The van der Waals surface area contributed by atoms with E-state index in [-0.39, 0.29) is 0 Å². The van der Waals surface area contributed by atoms with Crippen molar-refractivity contribution in [1.29, 1.82) is 0 Å². The van der Waals surface area contributed by atoms with Crippen molar-refractivity contribution in [3.8, 4) is 0 Å². The Balaban J connectivity index is 1.65. The van der Waals surface area contributed by atoms with Gasteiger partial charge in [-0.2, -0.15) is 0 Å². The first-order chi connectivity index (χ1) is 9.88. The lowest BCUT2D eigenvalue weighted by molar-refractivity contribution is 0.621. The fourth-order valence-corrected chi connectivity index (χ4v) is 1.97. The van der Waals surface area contributed by atoms with Crippen molar-refractivity contribution in [3.05, 3.63) is 37.2 Å². The summed E-state index contributed by atoms with van der Waals surface area (Å²) in [5.74, 6) is 0. The molecule has 2 rings (SSSR count). The van der Waals surface area contributed by atoms with Crippen LogP contribution in [0.2, 0.25) is 0 Å². The quantitative estimate of drug-likeness (QED) is 0.690. The molecule has 0 spiro atoms. The molecule has 2 aromatic heterocycles. The van der Waals surface area contributed by atoms with Crippen LogP contribution in [-0.2, 0) is 6.54 Å². The molecule has 0 amide bonds. The molecule has 0 aromatic carbocycles. The zero-order valence-corrected chi connectivity index (χ0v) is 12.0. The summed E-state index contributed by atoms with van der Waals surface area (Å²) < 4.78 is 2.11. The third-order valence-corrected chi connectivity index (χ3v) is 3.05. The fraction of sp³-hybridized carbons (Fsp3) is 0.467. The van der Waals surface area contributed by atoms with E-state index in [4.69, 9.17) is 0 Å². The highest BCUT2D eigenvalue weighted by Gasteiger charge is 1.96. The first-order valence-corrected chi connectivity index (χ1v) is 7.27. The fourth-order valence-electron chi connectivity index (χ4n) is 1.97. The number of hydrogen-bond acceptors (Lipinski definition) is 4. The molecule has 0 bridgehead atoms. The molecule has 0 fully saturated rings. The van der Waals surface area contributed by atoms with E-state index in [1.165, 1.54) is 0 Å². The van der Waals surface area contributed by atoms with Gasteiger partial charge in [0, 0.05) is 32.0 Å². The Hall–Kier alpha value is -2.04. The van der Waals surface area contributed by atoms with Gasteiger partial charge in [0.1, 0.15) is 0 Å². The van der Waals surface area contributed by atoms with E-state index in [1.807, 2.05) is 31.1 Å². The predicted octanol–water partition coefficient (Wildman–Crippen LogP) is 2.99. The number of nitrogens with zero attached hydrogens (tertiary/aromatic N) is 3. The van der Waals surface area contributed by atoms with Crippen LogP contribution in [0.4, 0.5) is 11.4 Å². The van der Waals surface area contributed by atoms with Crippen LogP contribution in [0, 0.1) is 0 Å². The van der Waals surface area contributed by atoms with E-state index < -0.39 is 0 Å². The molecule has 0 aliphatic carbocycles. The van der Waals surface area contributed by atoms with Crippen molar-refractivity contribution < 1.29 is 0 Å². The summed E-state index contributed by atoms with van der Waals surface area (Å²) in [6, 6.07) is 2.11. The minimum absolute atomic E-state index is 0.966. The maximum Gasteiger partial charge on any atom is 0.0945 e. The number of nitrogens with one attached hydrogen (secondary N) is 2. The Kier molecular flexibility index (Phi) is 5.89. The molecule has 5 heteroatoms. The van der Waals surface area contributed by atoms with Gasteiger partial charge in [-0.25, -0.2) is 4.98 Å². The Bertz CT molecular complexity index is 481. The van der Waals surface area contributed by atoms with Crippen LogP contribution in [0.5, 0.6) is 0 Å². The molecular weight excluding hydrogens is 250 g/mol. The zero-order chi connectivity index (χ0) is 14.0. The smallest absolute Gasteiger partial charge is 0.0945 e. The lowest BCUT2D eigenvalue weighted by Gasteiger charge is -2.09. The second kappa shape index (κ2) is 8.19. The van der Waals surface area contributed by atoms with Crippen LogP contribution in [0.3, 0.4) is 0 Å². The Morgan fingerprint density at radius 3 is 2.55 bits per heavy atom.